The predicted molar refractivity (Wildman–Crippen MR) is 98.9 cm³/mol. The van der Waals surface area contributed by atoms with E-state index in [-0.39, 0.29) is 17.2 Å². The van der Waals surface area contributed by atoms with Crippen molar-refractivity contribution in [3.8, 4) is 11.5 Å². The summed E-state index contributed by atoms with van der Waals surface area (Å²) >= 11 is 0. The van der Waals surface area contributed by atoms with Crippen LogP contribution in [0.2, 0.25) is 0 Å². The molecule has 10 heteroatoms. The van der Waals surface area contributed by atoms with E-state index >= 15 is 0 Å². The van der Waals surface area contributed by atoms with Crippen molar-refractivity contribution >= 4 is 15.7 Å². The zero-order valence-corrected chi connectivity index (χ0v) is 15.6. The standard InChI is InChI=1S/C19H15F3N2O4S/c20-19(21,22)28-17-8-4-9-18(12-17)29(25,26)24-14-6-3-7-16(11-14)27-13-15-5-1-2-10-23-15/h1-12,24H,13H2. The fraction of sp³-hybridized carbons (Fsp3) is 0.105. The van der Waals surface area contributed by atoms with Crippen LogP contribution in [0.25, 0.3) is 0 Å². The first-order chi connectivity index (χ1) is 13.7. The van der Waals surface area contributed by atoms with Gasteiger partial charge in [0.25, 0.3) is 10.0 Å². The molecule has 1 aromatic heterocycles. The van der Waals surface area contributed by atoms with Crippen molar-refractivity contribution in [2.24, 2.45) is 0 Å². The maximum absolute atomic E-state index is 12.5. The van der Waals surface area contributed by atoms with Crippen molar-refractivity contribution in [1.82, 2.24) is 4.98 Å². The molecule has 0 aliphatic rings. The van der Waals surface area contributed by atoms with E-state index in [9.17, 15) is 21.6 Å². The number of aromatic nitrogens is 1. The SMILES string of the molecule is O=S(=O)(Nc1cccc(OCc2ccccn2)c1)c1cccc(OC(F)(F)F)c1. The lowest BCUT2D eigenvalue weighted by molar-refractivity contribution is -0.274. The average Bonchev–Trinajstić information content (AvgIpc) is 2.66. The van der Waals surface area contributed by atoms with Crippen LogP contribution in [0.3, 0.4) is 0 Å². The molecule has 3 rings (SSSR count). The van der Waals surface area contributed by atoms with E-state index in [1.165, 1.54) is 12.1 Å². The second kappa shape index (κ2) is 8.39. The first-order valence-electron chi connectivity index (χ1n) is 8.23. The summed E-state index contributed by atoms with van der Waals surface area (Å²) in [6, 6.07) is 15.6. The predicted octanol–water partition coefficient (Wildman–Crippen LogP) is 4.36. The minimum Gasteiger partial charge on any atom is -0.487 e. The Bertz CT molecular complexity index is 1070. The highest BCUT2D eigenvalue weighted by Gasteiger charge is 2.31. The molecule has 3 aromatic rings. The molecule has 0 aliphatic heterocycles. The number of anilines is 1. The van der Waals surface area contributed by atoms with E-state index < -0.39 is 22.1 Å². The highest BCUT2D eigenvalue weighted by Crippen LogP contribution is 2.26. The van der Waals surface area contributed by atoms with Gasteiger partial charge in [-0.3, -0.25) is 9.71 Å². The zero-order chi connectivity index (χ0) is 20.9. The van der Waals surface area contributed by atoms with Crippen LogP contribution in [-0.2, 0) is 16.6 Å². The fourth-order valence-electron chi connectivity index (χ4n) is 2.34. The van der Waals surface area contributed by atoms with Crippen LogP contribution in [0.1, 0.15) is 5.69 Å². The summed E-state index contributed by atoms with van der Waals surface area (Å²) in [4.78, 5) is 3.74. The Morgan fingerprint density at radius 1 is 0.931 bits per heavy atom. The Kier molecular flexibility index (Phi) is 5.92. The topological polar surface area (TPSA) is 77.5 Å². The smallest absolute Gasteiger partial charge is 0.487 e. The molecule has 0 amide bonds. The molecule has 0 fully saturated rings. The quantitative estimate of drug-likeness (QED) is 0.610. The van der Waals surface area contributed by atoms with E-state index in [1.54, 1.807) is 30.5 Å². The van der Waals surface area contributed by atoms with E-state index in [1.807, 2.05) is 6.07 Å². The second-order valence-electron chi connectivity index (χ2n) is 5.77. The number of pyridine rings is 1. The molecule has 0 radical (unpaired) electrons. The third kappa shape index (κ3) is 6.11. The number of sulfonamides is 1. The van der Waals surface area contributed by atoms with E-state index in [0.29, 0.717) is 11.4 Å². The van der Waals surface area contributed by atoms with E-state index in [2.05, 4.69) is 14.4 Å². The van der Waals surface area contributed by atoms with Gasteiger partial charge in [-0.25, -0.2) is 8.42 Å². The number of rotatable bonds is 7. The molecule has 152 valence electrons. The normalized spacial score (nSPS) is 11.7. The van der Waals surface area contributed by atoms with Crippen LogP contribution in [0.4, 0.5) is 18.9 Å². The van der Waals surface area contributed by atoms with Gasteiger partial charge in [0.2, 0.25) is 0 Å². The van der Waals surface area contributed by atoms with Crippen molar-refractivity contribution in [1.29, 1.82) is 0 Å². The van der Waals surface area contributed by atoms with E-state index in [4.69, 9.17) is 4.74 Å². The molecule has 0 spiro atoms. The van der Waals surface area contributed by atoms with Crippen LogP contribution in [0.5, 0.6) is 11.5 Å². The van der Waals surface area contributed by atoms with Crippen LogP contribution < -0.4 is 14.2 Å². The van der Waals surface area contributed by atoms with Gasteiger partial charge in [0.1, 0.15) is 18.1 Å². The lowest BCUT2D eigenvalue weighted by atomic mass is 10.3. The summed E-state index contributed by atoms with van der Waals surface area (Å²) < 4.78 is 73.7. The molecule has 1 heterocycles. The molecule has 0 unspecified atom stereocenters. The van der Waals surface area contributed by atoms with Crippen molar-refractivity contribution in [3.63, 3.8) is 0 Å². The largest absolute Gasteiger partial charge is 0.573 e. The first kappa shape index (κ1) is 20.5. The Morgan fingerprint density at radius 2 is 1.69 bits per heavy atom. The Hall–Kier alpha value is -3.27. The lowest BCUT2D eigenvalue weighted by Crippen LogP contribution is -2.18. The number of nitrogens with zero attached hydrogens (tertiary/aromatic N) is 1. The summed E-state index contributed by atoms with van der Waals surface area (Å²) in [5.41, 5.74) is 0.880. The molecule has 1 N–H and O–H groups in total. The van der Waals surface area contributed by atoms with Crippen LogP contribution in [0, 0.1) is 0 Å². The van der Waals surface area contributed by atoms with Gasteiger partial charge in [-0.15, -0.1) is 13.2 Å². The summed E-state index contributed by atoms with van der Waals surface area (Å²) in [6.45, 7) is 0.188. The molecule has 29 heavy (non-hydrogen) atoms. The lowest BCUT2D eigenvalue weighted by Gasteiger charge is -2.12. The minimum absolute atomic E-state index is 0.186. The molecule has 0 aliphatic carbocycles. The minimum atomic E-state index is -4.92. The first-order valence-corrected chi connectivity index (χ1v) is 9.71. The Labute approximate surface area is 165 Å². The maximum atomic E-state index is 12.5. The van der Waals surface area contributed by atoms with Gasteiger partial charge in [0.05, 0.1) is 16.3 Å². The maximum Gasteiger partial charge on any atom is 0.573 e. The third-order valence-corrected chi connectivity index (χ3v) is 4.93. The van der Waals surface area contributed by atoms with Gasteiger partial charge in [0.15, 0.2) is 0 Å². The van der Waals surface area contributed by atoms with Crippen molar-refractivity contribution in [2.75, 3.05) is 4.72 Å². The summed E-state index contributed by atoms with van der Waals surface area (Å²) in [7, 11) is -4.14. The van der Waals surface area contributed by atoms with Crippen LogP contribution in [0.15, 0.2) is 77.8 Å². The number of hydrogen-bond donors (Lipinski definition) is 1. The van der Waals surface area contributed by atoms with E-state index in [0.717, 1.165) is 24.3 Å². The number of halogens is 3. The number of benzene rings is 2. The molecule has 0 saturated heterocycles. The average molecular weight is 424 g/mol. The molecule has 0 saturated carbocycles. The summed E-state index contributed by atoms with van der Waals surface area (Å²) in [5.74, 6) is -0.238. The van der Waals surface area contributed by atoms with Gasteiger partial charge in [0, 0.05) is 18.3 Å². The molecular formula is C19H15F3N2O4S. The number of hydrogen-bond acceptors (Lipinski definition) is 5. The Balaban J connectivity index is 1.73. The number of ether oxygens (including phenoxy) is 2. The van der Waals surface area contributed by atoms with Crippen LogP contribution >= 0.6 is 0 Å². The number of nitrogens with one attached hydrogen (secondary N) is 1. The highest BCUT2D eigenvalue weighted by molar-refractivity contribution is 7.92. The highest BCUT2D eigenvalue weighted by atomic mass is 32.2. The summed E-state index contributed by atoms with van der Waals surface area (Å²) in [5, 5.41) is 0. The second-order valence-corrected chi connectivity index (χ2v) is 7.45. The van der Waals surface area contributed by atoms with Gasteiger partial charge in [-0.2, -0.15) is 0 Å². The van der Waals surface area contributed by atoms with Crippen molar-refractivity contribution in [3.05, 3.63) is 78.6 Å². The molecule has 0 atom stereocenters. The molecule has 6 nitrogen and oxygen atoms in total. The monoisotopic (exact) mass is 424 g/mol. The van der Waals surface area contributed by atoms with Gasteiger partial charge in [-0.05, 0) is 36.4 Å². The van der Waals surface area contributed by atoms with Crippen molar-refractivity contribution < 1.29 is 31.1 Å². The molecular weight excluding hydrogens is 409 g/mol. The third-order valence-electron chi connectivity index (χ3n) is 3.55. The van der Waals surface area contributed by atoms with Gasteiger partial charge in [-0.1, -0.05) is 18.2 Å². The Morgan fingerprint density at radius 3 is 2.41 bits per heavy atom. The zero-order valence-electron chi connectivity index (χ0n) is 14.8. The van der Waals surface area contributed by atoms with Gasteiger partial charge < -0.3 is 9.47 Å². The molecule has 0 bridgehead atoms. The van der Waals surface area contributed by atoms with Crippen molar-refractivity contribution in [2.45, 2.75) is 17.9 Å². The van der Waals surface area contributed by atoms with Crippen LogP contribution in [-0.4, -0.2) is 19.8 Å². The molecule has 2 aromatic carbocycles. The fourth-order valence-corrected chi connectivity index (χ4v) is 3.43. The summed E-state index contributed by atoms with van der Waals surface area (Å²) in [6.07, 6.45) is -3.30. The van der Waals surface area contributed by atoms with Gasteiger partial charge >= 0.3 is 6.36 Å². The number of alkyl halides is 3.